The number of piperazine rings is 1. The van der Waals surface area contributed by atoms with Crippen LogP contribution in [-0.4, -0.2) is 69.1 Å². The fourth-order valence-electron chi connectivity index (χ4n) is 4.41. The second-order valence-corrected chi connectivity index (χ2v) is 10.5. The van der Waals surface area contributed by atoms with Crippen molar-refractivity contribution in [3.05, 3.63) is 47.2 Å². The molecule has 2 aliphatic rings. The van der Waals surface area contributed by atoms with Crippen molar-refractivity contribution < 1.29 is 18.0 Å². The molecule has 4 rings (SSSR count). The summed E-state index contributed by atoms with van der Waals surface area (Å²) in [4.78, 5) is 35.3. The Labute approximate surface area is 188 Å². The van der Waals surface area contributed by atoms with Crippen molar-refractivity contribution >= 4 is 33.2 Å². The summed E-state index contributed by atoms with van der Waals surface area (Å²) in [6.07, 6.45) is 4.13. The Kier molecular flexibility index (Phi) is 5.94. The van der Waals surface area contributed by atoms with Gasteiger partial charge in [-0.3, -0.25) is 9.59 Å². The van der Waals surface area contributed by atoms with Crippen LogP contribution in [0, 0.1) is 13.8 Å². The number of hydrogen-bond acceptors (Lipinski definition) is 6. The number of anilines is 2. The zero-order valence-electron chi connectivity index (χ0n) is 18.7. The van der Waals surface area contributed by atoms with Crippen LogP contribution >= 0.6 is 0 Å². The van der Waals surface area contributed by atoms with Crippen LogP contribution in [0.5, 0.6) is 0 Å². The molecular formula is C23H28N4O4S. The van der Waals surface area contributed by atoms with Crippen molar-refractivity contribution in [3.8, 4) is 0 Å². The molecule has 32 heavy (non-hydrogen) atoms. The van der Waals surface area contributed by atoms with Crippen molar-refractivity contribution in [3.63, 3.8) is 0 Å². The van der Waals surface area contributed by atoms with Gasteiger partial charge in [0.2, 0.25) is 5.91 Å². The lowest BCUT2D eigenvalue weighted by atomic mass is 10.1. The summed E-state index contributed by atoms with van der Waals surface area (Å²) in [5, 5.41) is 0. The number of hydrogen-bond donors (Lipinski definition) is 0. The maximum absolute atomic E-state index is 13.3. The summed E-state index contributed by atoms with van der Waals surface area (Å²) in [7, 11) is -3.66. The van der Waals surface area contributed by atoms with Crippen LogP contribution in [0.1, 0.15) is 34.3 Å². The van der Waals surface area contributed by atoms with Crippen LogP contribution in [0.2, 0.25) is 0 Å². The molecule has 1 aromatic carbocycles. The Bertz CT molecular complexity index is 1170. The van der Waals surface area contributed by atoms with Crippen LogP contribution in [-0.2, 0) is 14.6 Å². The van der Waals surface area contributed by atoms with E-state index in [-0.39, 0.29) is 22.3 Å². The third kappa shape index (κ3) is 4.34. The molecule has 9 heteroatoms. The molecule has 0 spiro atoms. The zero-order chi connectivity index (χ0) is 23.0. The molecular weight excluding hydrogens is 428 g/mol. The lowest BCUT2D eigenvalue weighted by Gasteiger charge is -2.36. The van der Waals surface area contributed by atoms with Crippen molar-refractivity contribution in [2.45, 2.75) is 31.6 Å². The van der Waals surface area contributed by atoms with Gasteiger partial charge in [0.1, 0.15) is 5.82 Å². The fourth-order valence-corrected chi connectivity index (χ4v) is 5.30. The molecule has 0 atom stereocenters. The lowest BCUT2D eigenvalue weighted by Crippen LogP contribution is -2.49. The molecule has 170 valence electrons. The number of carbonyl (C=O) groups is 2. The highest BCUT2D eigenvalue weighted by Gasteiger charge is 2.29. The molecule has 2 fully saturated rings. The maximum Gasteiger partial charge on any atom is 0.255 e. The highest BCUT2D eigenvalue weighted by Crippen LogP contribution is 2.28. The summed E-state index contributed by atoms with van der Waals surface area (Å²) < 4.78 is 25.0. The van der Waals surface area contributed by atoms with Gasteiger partial charge in [-0.25, -0.2) is 13.4 Å². The van der Waals surface area contributed by atoms with E-state index in [4.69, 9.17) is 0 Å². The average molecular weight is 457 g/mol. The number of pyridine rings is 1. The lowest BCUT2D eigenvalue weighted by molar-refractivity contribution is -0.117. The number of aromatic nitrogens is 1. The highest BCUT2D eigenvalue weighted by molar-refractivity contribution is 7.90. The van der Waals surface area contributed by atoms with Gasteiger partial charge in [0.25, 0.3) is 5.91 Å². The highest BCUT2D eigenvalue weighted by atomic mass is 32.2. The summed E-state index contributed by atoms with van der Waals surface area (Å²) in [5.74, 6) is 0.580. The molecule has 2 aliphatic heterocycles. The number of amides is 2. The van der Waals surface area contributed by atoms with E-state index in [2.05, 4.69) is 16.0 Å². The molecule has 8 nitrogen and oxygen atoms in total. The minimum Gasteiger partial charge on any atom is -0.353 e. The Balaban J connectivity index is 1.55. The largest absolute Gasteiger partial charge is 0.353 e. The van der Waals surface area contributed by atoms with Gasteiger partial charge < -0.3 is 14.7 Å². The Morgan fingerprint density at radius 2 is 1.75 bits per heavy atom. The number of rotatable bonds is 4. The van der Waals surface area contributed by atoms with Gasteiger partial charge in [0.05, 0.1) is 10.5 Å². The van der Waals surface area contributed by atoms with Crippen molar-refractivity contribution in [1.82, 2.24) is 9.88 Å². The van der Waals surface area contributed by atoms with Crippen molar-refractivity contribution in [1.29, 1.82) is 0 Å². The first-order valence-corrected chi connectivity index (χ1v) is 12.7. The number of benzene rings is 1. The maximum atomic E-state index is 13.3. The van der Waals surface area contributed by atoms with Gasteiger partial charge in [-0.05, 0) is 49.6 Å². The molecule has 0 radical (unpaired) electrons. The van der Waals surface area contributed by atoms with E-state index in [0.717, 1.165) is 29.6 Å². The molecule has 0 bridgehead atoms. The van der Waals surface area contributed by atoms with Gasteiger partial charge in [-0.1, -0.05) is 6.07 Å². The third-order valence-corrected chi connectivity index (χ3v) is 7.17. The molecule has 0 saturated carbocycles. The van der Waals surface area contributed by atoms with Crippen LogP contribution in [0.25, 0.3) is 0 Å². The Morgan fingerprint density at radius 3 is 2.34 bits per heavy atom. The first-order chi connectivity index (χ1) is 15.1. The third-order valence-electron chi connectivity index (χ3n) is 6.03. The molecule has 2 saturated heterocycles. The van der Waals surface area contributed by atoms with Crippen LogP contribution < -0.4 is 9.80 Å². The molecule has 0 unspecified atom stereocenters. The van der Waals surface area contributed by atoms with E-state index in [1.165, 1.54) is 12.1 Å². The molecule has 2 aromatic rings. The SMILES string of the molecule is Cc1cnc(N2CCN(C(=O)c3ccc(N4CCCC4=O)cc3S(C)(=O)=O)CC2)c(C)c1. The zero-order valence-corrected chi connectivity index (χ0v) is 19.5. The monoisotopic (exact) mass is 456 g/mol. The normalized spacial score (nSPS) is 17.2. The van der Waals surface area contributed by atoms with E-state index in [0.29, 0.717) is 44.8 Å². The topological polar surface area (TPSA) is 90.9 Å². The van der Waals surface area contributed by atoms with Crippen molar-refractivity contribution in [2.24, 2.45) is 0 Å². The number of sulfone groups is 1. The van der Waals surface area contributed by atoms with Crippen LogP contribution in [0.4, 0.5) is 11.5 Å². The van der Waals surface area contributed by atoms with Crippen LogP contribution in [0.3, 0.4) is 0 Å². The van der Waals surface area contributed by atoms with Gasteiger partial charge in [0.15, 0.2) is 9.84 Å². The minimum atomic E-state index is -3.66. The fraction of sp³-hybridized carbons (Fsp3) is 0.435. The first kappa shape index (κ1) is 22.3. The smallest absolute Gasteiger partial charge is 0.255 e. The minimum absolute atomic E-state index is 0.0281. The summed E-state index contributed by atoms with van der Waals surface area (Å²) in [6.45, 7) is 6.79. The molecule has 2 amide bonds. The predicted octanol–water partition coefficient (Wildman–Crippen LogP) is 2.19. The van der Waals surface area contributed by atoms with E-state index in [1.54, 1.807) is 15.9 Å². The number of carbonyl (C=O) groups excluding carboxylic acids is 2. The summed E-state index contributed by atoms with van der Waals surface area (Å²) in [6, 6.07) is 6.76. The number of nitrogens with zero attached hydrogens (tertiary/aromatic N) is 4. The van der Waals surface area contributed by atoms with Crippen LogP contribution in [0.15, 0.2) is 35.4 Å². The second kappa shape index (κ2) is 8.54. The summed E-state index contributed by atoms with van der Waals surface area (Å²) in [5.41, 5.74) is 2.87. The van der Waals surface area contributed by atoms with Gasteiger partial charge in [-0.2, -0.15) is 0 Å². The Morgan fingerprint density at radius 1 is 1.03 bits per heavy atom. The van der Waals surface area contributed by atoms with E-state index in [9.17, 15) is 18.0 Å². The van der Waals surface area contributed by atoms with Gasteiger partial charge in [0, 0.05) is 57.3 Å². The average Bonchev–Trinajstić information content (AvgIpc) is 3.18. The van der Waals surface area contributed by atoms with Gasteiger partial charge in [-0.15, -0.1) is 0 Å². The van der Waals surface area contributed by atoms with Gasteiger partial charge >= 0.3 is 0 Å². The number of aryl methyl sites for hydroxylation is 2. The molecule has 1 aromatic heterocycles. The van der Waals surface area contributed by atoms with E-state index in [1.807, 2.05) is 20.0 Å². The quantitative estimate of drug-likeness (QED) is 0.701. The molecule has 0 aliphatic carbocycles. The molecule has 3 heterocycles. The standard InChI is InChI=1S/C23H28N4O4S/c1-16-13-17(2)22(24-15-16)25-9-11-26(12-10-25)23(29)19-7-6-18(14-20(19)32(3,30)31)27-8-4-5-21(27)28/h6-7,13-15H,4-5,8-12H2,1-3H3. The summed E-state index contributed by atoms with van der Waals surface area (Å²) >= 11 is 0. The Hall–Kier alpha value is -2.94. The van der Waals surface area contributed by atoms with E-state index >= 15 is 0 Å². The van der Waals surface area contributed by atoms with E-state index < -0.39 is 9.84 Å². The molecule has 0 N–H and O–H groups in total. The first-order valence-electron chi connectivity index (χ1n) is 10.8. The second-order valence-electron chi connectivity index (χ2n) is 8.53. The van der Waals surface area contributed by atoms with Crippen molar-refractivity contribution in [2.75, 3.05) is 48.8 Å². The predicted molar refractivity (Wildman–Crippen MR) is 123 cm³/mol.